The number of nitrogens with one attached hydrogen (secondary N) is 1. The van der Waals surface area contributed by atoms with Crippen molar-refractivity contribution in [2.75, 3.05) is 12.8 Å². The Labute approximate surface area is 89.7 Å². The Bertz CT molecular complexity index is 261. The average molecular weight is 211 g/mol. The molecule has 0 atom stereocenters. The van der Waals surface area contributed by atoms with Gasteiger partial charge in [0.1, 0.15) is 5.82 Å². The smallest absolute Gasteiger partial charge is 0.141 e. The molecule has 1 aromatic rings. The minimum atomic E-state index is 0.273. The van der Waals surface area contributed by atoms with E-state index in [1.54, 1.807) is 12.4 Å². The molecule has 4 heteroatoms. The van der Waals surface area contributed by atoms with Gasteiger partial charge in [0.15, 0.2) is 0 Å². The molecule has 0 aromatic carbocycles. The first-order valence-electron chi connectivity index (χ1n) is 4.66. The topological polar surface area (TPSA) is 37.8 Å². The third-order valence-electron chi connectivity index (χ3n) is 2.01. The normalized spacial score (nSPS) is 11.6. The summed E-state index contributed by atoms with van der Waals surface area (Å²) in [5.74, 6) is 0.851. The Balaban J connectivity index is 2.29. The van der Waals surface area contributed by atoms with Gasteiger partial charge < -0.3 is 5.32 Å². The number of hydrogen-bond acceptors (Lipinski definition) is 4. The van der Waals surface area contributed by atoms with Crippen molar-refractivity contribution in [1.29, 1.82) is 0 Å². The fraction of sp³-hybridized carbons (Fsp3) is 0.600. The maximum atomic E-state index is 4.14. The number of aromatic nitrogens is 2. The highest BCUT2D eigenvalue weighted by Gasteiger charge is 2.14. The number of nitrogens with zero attached hydrogens (tertiary/aromatic N) is 2. The van der Waals surface area contributed by atoms with Gasteiger partial charge in [-0.2, -0.15) is 11.8 Å². The molecule has 1 aromatic heterocycles. The van der Waals surface area contributed by atoms with Crippen molar-refractivity contribution in [3.05, 3.63) is 24.3 Å². The molecule has 0 unspecified atom stereocenters. The Morgan fingerprint density at radius 3 is 2.57 bits per heavy atom. The lowest BCUT2D eigenvalue weighted by molar-refractivity contribution is 0.578. The van der Waals surface area contributed by atoms with Crippen LogP contribution in [0.15, 0.2) is 18.5 Å². The summed E-state index contributed by atoms with van der Waals surface area (Å²) in [4.78, 5) is 8.29. The minimum Gasteiger partial charge on any atom is -0.308 e. The maximum Gasteiger partial charge on any atom is 0.141 e. The van der Waals surface area contributed by atoms with Gasteiger partial charge in [-0.25, -0.2) is 9.97 Å². The van der Waals surface area contributed by atoms with Gasteiger partial charge in [0.2, 0.25) is 0 Å². The lowest BCUT2D eigenvalue weighted by Crippen LogP contribution is -2.31. The zero-order chi connectivity index (χ0) is 10.4. The van der Waals surface area contributed by atoms with Crippen LogP contribution in [0.4, 0.5) is 0 Å². The molecule has 0 saturated heterocycles. The van der Waals surface area contributed by atoms with Crippen molar-refractivity contribution in [3.8, 4) is 0 Å². The van der Waals surface area contributed by atoms with Gasteiger partial charge in [0, 0.05) is 23.7 Å². The first kappa shape index (κ1) is 11.5. The van der Waals surface area contributed by atoms with E-state index in [1.165, 1.54) is 0 Å². The van der Waals surface area contributed by atoms with Crippen molar-refractivity contribution in [2.24, 2.45) is 0 Å². The van der Waals surface area contributed by atoms with Crippen LogP contribution in [0, 0.1) is 0 Å². The highest BCUT2D eigenvalue weighted by molar-refractivity contribution is 7.99. The number of thioether (sulfide) groups is 1. The summed E-state index contributed by atoms with van der Waals surface area (Å²) in [6, 6.07) is 1.83. The lowest BCUT2D eigenvalue weighted by atomic mass is 10.2. The molecule has 3 nitrogen and oxygen atoms in total. The van der Waals surface area contributed by atoms with Crippen LogP contribution < -0.4 is 5.32 Å². The van der Waals surface area contributed by atoms with Crippen LogP contribution in [0.3, 0.4) is 0 Å². The van der Waals surface area contributed by atoms with Crippen LogP contribution in [0.1, 0.15) is 19.7 Å². The number of rotatable bonds is 5. The predicted octanol–water partition coefficient (Wildman–Crippen LogP) is 1.71. The largest absolute Gasteiger partial charge is 0.308 e. The molecule has 1 N–H and O–H groups in total. The Kier molecular flexibility index (Phi) is 4.35. The van der Waals surface area contributed by atoms with Gasteiger partial charge in [-0.05, 0) is 26.2 Å². The summed E-state index contributed by atoms with van der Waals surface area (Å²) in [5, 5.41) is 3.35. The molecule has 0 bridgehead atoms. The highest BCUT2D eigenvalue weighted by Crippen LogP contribution is 2.19. The standard InChI is InChI=1S/C10H17N3S/c1-10(2,14-3)8-11-7-9-12-5-4-6-13-9/h4-6,11H,7-8H2,1-3H3. The van der Waals surface area contributed by atoms with Crippen LogP contribution in [-0.4, -0.2) is 27.5 Å². The van der Waals surface area contributed by atoms with E-state index >= 15 is 0 Å². The second kappa shape index (κ2) is 5.32. The van der Waals surface area contributed by atoms with Crippen molar-refractivity contribution < 1.29 is 0 Å². The predicted molar refractivity (Wildman–Crippen MR) is 61.3 cm³/mol. The van der Waals surface area contributed by atoms with E-state index in [9.17, 15) is 0 Å². The summed E-state index contributed by atoms with van der Waals surface area (Å²) < 4.78 is 0.273. The molecule has 78 valence electrons. The van der Waals surface area contributed by atoms with E-state index in [4.69, 9.17) is 0 Å². The van der Waals surface area contributed by atoms with Crippen molar-refractivity contribution in [2.45, 2.75) is 25.1 Å². The van der Waals surface area contributed by atoms with Crippen LogP contribution in [-0.2, 0) is 6.54 Å². The van der Waals surface area contributed by atoms with E-state index in [0.717, 1.165) is 18.9 Å². The number of hydrogen-bond donors (Lipinski definition) is 1. The summed E-state index contributed by atoms with van der Waals surface area (Å²) in [7, 11) is 0. The van der Waals surface area contributed by atoms with Crippen LogP contribution in [0.25, 0.3) is 0 Å². The second-order valence-corrected chi connectivity index (χ2v) is 5.25. The Morgan fingerprint density at radius 2 is 2.00 bits per heavy atom. The zero-order valence-corrected chi connectivity index (χ0v) is 9.77. The van der Waals surface area contributed by atoms with E-state index in [0.29, 0.717) is 0 Å². The fourth-order valence-electron chi connectivity index (χ4n) is 0.969. The van der Waals surface area contributed by atoms with Crippen LogP contribution >= 0.6 is 11.8 Å². The van der Waals surface area contributed by atoms with Gasteiger partial charge in [-0.1, -0.05) is 0 Å². The van der Waals surface area contributed by atoms with Crippen molar-refractivity contribution >= 4 is 11.8 Å². The Hall–Kier alpha value is -0.610. The highest BCUT2D eigenvalue weighted by atomic mass is 32.2. The van der Waals surface area contributed by atoms with E-state index < -0.39 is 0 Å². The molecule has 1 heterocycles. The van der Waals surface area contributed by atoms with Gasteiger partial charge in [-0.3, -0.25) is 0 Å². The summed E-state index contributed by atoms with van der Waals surface area (Å²) in [6.07, 6.45) is 5.66. The molecular weight excluding hydrogens is 194 g/mol. The van der Waals surface area contributed by atoms with E-state index in [2.05, 4.69) is 35.4 Å². The molecule has 0 saturated carbocycles. The van der Waals surface area contributed by atoms with E-state index in [-0.39, 0.29) is 4.75 Å². The third-order valence-corrected chi connectivity index (χ3v) is 3.26. The minimum absolute atomic E-state index is 0.273. The van der Waals surface area contributed by atoms with Crippen LogP contribution in [0.2, 0.25) is 0 Å². The van der Waals surface area contributed by atoms with Crippen molar-refractivity contribution in [1.82, 2.24) is 15.3 Å². The fourth-order valence-corrected chi connectivity index (χ4v) is 1.22. The van der Waals surface area contributed by atoms with E-state index in [1.807, 2.05) is 17.8 Å². The lowest BCUT2D eigenvalue weighted by Gasteiger charge is -2.21. The molecule has 0 fully saturated rings. The van der Waals surface area contributed by atoms with Gasteiger partial charge in [0.25, 0.3) is 0 Å². The molecule has 0 aliphatic rings. The van der Waals surface area contributed by atoms with Crippen molar-refractivity contribution in [3.63, 3.8) is 0 Å². The molecule has 0 aliphatic carbocycles. The molecule has 0 aliphatic heterocycles. The van der Waals surface area contributed by atoms with Gasteiger partial charge >= 0.3 is 0 Å². The molecule has 0 radical (unpaired) electrons. The Morgan fingerprint density at radius 1 is 1.36 bits per heavy atom. The van der Waals surface area contributed by atoms with Gasteiger partial charge in [-0.15, -0.1) is 0 Å². The molecule has 1 rings (SSSR count). The molecule has 14 heavy (non-hydrogen) atoms. The maximum absolute atomic E-state index is 4.14. The monoisotopic (exact) mass is 211 g/mol. The first-order valence-corrected chi connectivity index (χ1v) is 5.88. The zero-order valence-electron chi connectivity index (χ0n) is 8.95. The quantitative estimate of drug-likeness (QED) is 0.804. The average Bonchev–Trinajstić information content (AvgIpc) is 2.19. The van der Waals surface area contributed by atoms with Gasteiger partial charge in [0.05, 0.1) is 6.54 Å². The molecule has 0 amide bonds. The summed E-state index contributed by atoms with van der Waals surface area (Å²) >= 11 is 1.86. The third kappa shape index (κ3) is 4.07. The second-order valence-electron chi connectivity index (χ2n) is 3.73. The summed E-state index contributed by atoms with van der Waals surface area (Å²) in [5.41, 5.74) is 0. The SMILES string of the molecule is CSC(C)(C)CNCc1ncccn1. The first-order chi connectivity index (χ1) is 6.64. The molecule has 0 spiro atoms. The van der Waals surface area contributed by atoms with Crippen LogP contribution in [0.5, 0.6) is 0 Å². The molecular formula is C10H17N3S. The summed E-state index contributed by atoms with van der Waals surface area (Å²) in [6.45, 7) is 6.14.